The van der Waals surface area contributed by atoms with Gasteiger partial charge in [0.15, 0.2) is 0 Å². The van der Waals surface area contributed by atoms with Gasteiger partial charge in [0.1, 0.15) is 5.60 Å². The van der Waals surface area contributed by atoms with Crippen LogP contribution in [0.5, 0.6) is 0 Å². The Morgan fingerprint density at radius 3 is 2.47 bits per heavy atom. The molecule has 0 aromatic heterocycles. The highest BCUT2D eigenvalue weighted by Gasteiger charge is 2.39. The number of carbonyl (C=O) groups excluding carboxylic acids is 2. The number of likely N-dealkylation sites (tertiary alicyclic amines) is 1. The van der Waals surface area contributed by atoms with E-state index in [-0.39, 0.29) is 11.9 Å². The number of benzene rings is 1. The number of amides is 2. The van der Waals surface area contributed by atoms with E-state index in [2.05, 4.69) is 0 Å². The van der Waals surface area contributed by atoms with E-state index in [9.17, 15) is 9.59 Å². The Kier molecular flexibility index (Phi) is 3.60. The Balaban J connectivity index is 2.21. The third kappa shape index (κ3) is 3.13. The van der Waals surface area contributed by atoms with Gasteiger partial charge >= 0.3 is 6.09 Å². The molecule has 1 aliphatic rings. The lowest BCUT2D eigenvalue weighted by Gasteiger charge is -2.27. The van der Waals surface area contributed by atoms with Gasteiger partial charge in [-0.3, -0.25) is 4.79 Å². The van der Waals surface area contributed by atoms with E-state index in [1.165, 1.54) is 4.90 Å². The fourth-order valence-corrected chi connectivity index (χ4v) is 2.21. The summed E-state index contributed by atoms with van der Waals surface area (Å²) in [5.74, 6) is -0.164. The summed E-state index contributed by atoms with van der Waals surface area (Å²) in [6.45, 7) is 5.38. The van der Waals surface area contributed by atoms with Crippen molar-refractivity contribution >= 4 is 12.0 Å². The first-order valence-corrected chi connectivity index (χ1v) is 6.48. The maximum atomic E-state index is 12.1. The SMILES string of the molecule is CC(C)(C)OC(=O)N1C(=O)CC[C@@H]1c1ccccc1. The molecule has 0 radical (unpaired) electrons. The molecule has 2 amide bonds. The predicted octanol–water partition coefficient (Wildman–Crippen LogP) is 3.29. The standard InChI is InChI=1S/C15H19NO3/c1-15(2,3)19-14(18)16-12(9-10-13(16)17)11-7-5-4-6-8-11/h4-8,12H,9-10H2,1-3H3/t12-/m1/s1. The highest BCUT2D eigenvalue weighted by atomic mass is 16.6. The minimum atomic E-state index is -0.596. The third-order valence-electron chi connectivity index (χ3n) is 2.99. The van der Waals surface area contributed by atoms with Crippen molar-refractivity contribution in [3.63, 3.8) is 0 Å². The molecule has 1 saturated heterocycles. The van der Waals surface area contributed by atoms with Crippen LogP contribution in [0.25, 0.3) is 0 Å². The van der Waals surface area contributed by atoms with Gasteiger partial charge in [0.05, 0.1) is 6.04 Å². The number of hydrogen-bond acceptors (Lipinski definition) is 3. The van der Waals surface area contributed by atoms with Crippen molar-refractivity contribution in [1.29, 1.82) is 0 Å². The first-order chi connectivity index (χ1) is 8.88. The van der Waals surface area contributed by atoms with E-state index >= 15 is 0 Å². The van der Waals surface area contributed by atoms with Crippen LogP contribution < -0.4 is 0 Å². The van der Waals surface area contributed by atoms with Crippen LogP contribution in [0.3, 0.4) is 0 Å². The predicted molar refractivity (Wildman–Crippen MR) is 71.5 cm³/mol. The van der Waals surface area contributed by atoms with Crippen LogP contribution in [-0.2, 0) is 9.53 Å². The zero-order valence-corrected chi connectivity index (χ0v) is 11.6. The zero-order chi connectivity index (χ0) is 14.0. The van der Waals surface area contributed by atoms with E-state index < -0.39 is 11.7 Å². The van der Waals surface area contributed by atoms with Gasteiger partial charge in [-0.25, -0.2) is 9.69 Å². The average molecular weight is 261 g/mol. The topological polar surface area (TPSA) is 46.6 Å². The van der Waals surface area contributed by atoms with E-state index in [1.807, 2.05) is 30.3 Å². The normalized spacial score (nSPS) is 19.6. The van der Waals surface area contributed by atoms with E-state index in [0.717, 1.165) is 5.56 Å². The molecule has 1 aromatic rings. The van der Waals surface area contributed by atoms with E-state index in [4.69, 9.17) is 4.74 Å². The smallest absolute Gasteiger partial charge is 0.417 e. The van der Waals surface area contributed by atoms with E-state index in [1.54, 1.807) is 20.8 Å². The Morgan fingerprint density at radius 1 is 1.26 bits per heavy atom. The number of ether oxygens (including phenoxy) is 1. The van der Waals surface area contributed by atoms with Gasteiger partial charge in [0, 0.05) is 6.42 Å². The number of carbonyl (C=O) groups is 2. The number of imide groups is 1. The highest BCUT2D eigenvalue weighted by Crippen LogP contribution is 2.33. The summed E-state index contributed by atoms with van der Waals surface area (Å²) in [6, 6.07) is 9.39. The first-order valence-electron chi connectivity index (χ1n) is 6.48. The molecule has 0 unspecified atom stereocenters. The third-order valence-corrected chi connectivity index (χ3v) is 2.99. The second-order valence-corrected chi connectivity index (χ2v) is 5.71. The molecule has 1 fully saturated rings. The molecule has 1 atom stereocenters. The summed E-state index contributed by atoms with van der Waals surface area (Å²) in [5.41, 5.74) is 0.375. The average Bonchev–Trinajstić information content (AvgIpc) is 2.70. The van der Waals surface area contributed by atoms with Crippen molar-refractivity contribution < 1.29 is 14.3 Å². The Morgan fingerprint density at radius 2 is 1.89 bits per heavy atom. The Bertz CT molecular complexity index is 476. The van der Waals surface area contributed by atoms with Crippen LogP contribution in [0, 0.1) is 0 Å². The van der Waals surface area contributed by atoms with Crippen molar-refractivity contribution in [2.24, 2.45) is 0 Å². The Labute approximate surface area is 113 Å². The molecule has 4 heteroatoms. The molecular formula is C15H19NO3. The van der Waals surface area contributed by atoms with Crippen molar-refractivity contribution in [3.8, 4) is 0 Å². The second kappa shape index (κ2) is 5.03. The molecule has 4 nitrogen and oxygen atoms in total. The van der Waals surface area contributed by atoms with Crippen LogP contribution in [0.4, 0.5) is 4.79 Å². The lowest BCUT2D eigenvalue weighted by molar-refractivity contribution is -0.128. The van der Waals surface area contributed by atoms with Gasteiger partial charge in [-0.05, 0) is 32.8 Å². The minimum absolute atomic E-state index is 0.164. The van der Waals surface area contributed by atoms with Crippen LogP contribution in [0.1, 0.15) is 45.2 Å². The van der Waals surface area contributed by atoms with Gasteiger partial charge in [-0.15, -0.1) is 0 Å². The molecule has 1 heterocycles. The van der Waals surface area contributed by atoms with Gasteiger partial charge < -0.3 is 4.74 Å². The van der Waals surface area contributed by atoms with Gasteiger partial charge in [0.2, 0.25) is 5.91 Å². The van der Waals surface area contributed by atoms with Crippen molar-refractivity contribution in [3.05, 3.63) is 35.9 Å². The molecule has 102 valence electrons. The summed E-state index contributed by atoms with van der Waals surface area (Å²) >= 11 is 0. The summed E-state index contributed by atoms with van der Waals surface area (Å²) < 4.78 is 5.31. The molecule has 1 aliphatic heterocycles. The van der Waals surface area contributed by atoms with Gasteiger partial charge in [-0.2, -0.15) is 0 Å². The van der Waals surface area contributed by atoms with Crippen molar-refractivity contribution in [2.45, 2.75) is 45.3 Å². The molecule has 0 saturated carbocycles. The molecule has 2 rings (SSSR count). The lowest BCUT2D eigenvalue weighted by Crippen LogP contribution is -2.38. The maximum Gasteiger partial charge on any atom is 0.417 e. The zero-order valence-electron chi connectivity index (χ0n) is 11.6. The fraction of sp³-hybridized carbons (Fsp3) is 0.467. The number of rotatable bonds is 1. The highest BCUT2D eigenvalue weighted by molar-refractivity contribution is 5.94. The van der Waals surface area contributed by atoms with Crippen LogP contribution in [0.2, 0.25) is 0 Å². The first kappa shape index (κ1) is 13.6. The molecule has 0 N–H and O–H groups in total. The van der Waals surface area contributed by atoms with Gasteiger partial charge in [-0.1, -0.05) is 30.3 Å². The molecule has 0 spiro atoms. The molecule has 19 heavy (non-hydrogen) atoms. The van der Waals surface area contributed by atoms with Crippen LogP contribution in [0.15, 0.2) is 30.3 Å². The fourth-order valence-electron chi connectivity index (χ4n) is 2.21. The monoisotopic (exact) mass is 261 g/mol. The summed E-state index contributed by atoms with van der Waals surface area (Å²) in [5, 5.41) is 0. The quantitative estimate of drug-likeness (QED) is 0.779. The van der Waals surface area contributed by atoms with Crippen molar-refractivity contribution in [2.75, 3.05) is 0 Å². The summed E-state index contributed by atoms with van der Waals surface area (Å²) in [6.07, 6.45) is 0.491. The van der Waals surface area contributed by atoms with E-state index in [0.29, 0.717) is 12.8 Å². The molecule has 0 aliphatic carbocycles. The van der Waals surface area contributed by atoms with Gasteiger partial charge in [0.25, 0.3) is 0 Å². The Hall–Kier alpha value is -1.84. The van der Waals surface area contributed by atoms with Crippen molar-refractivity contribution in [1.82, 2.24) is 4.90 Å². The minimum Gasteiger partial charge on any atom is -0.443 e. The lowest BCUT2D eigenvalue weighted by atomic mass is 10.1. The molecular weight excluding hydrogens is 242 g/mol. The number of hydrogen-bond donors (Lipinski definition) is 0. The maximum absolute atomic E-state index is 12.1. The summed E-state index contributed by atoms with van der Waals surface area (Å²) in [4.78, 5) is 25.3. The molecule has 0 bridgehead atoms. The number of nitrogens with zero attached hydrogens (tertiary/aromatic N) is 1. The summed E-state index contributed by atoms with van der Waals surface area (Å²) in [7, 11) is 0. The second-order valence-electron chi connectivity index (χ2n) is 5.71. The van der Waals surface area contributed by atoms with Crippen LogP contribution >= 0.6 is 0 Å². The molecule has 1 aromatic carbocycles. The van der Waals surface area contributed by atoms with Crippen LogP contribution in [-0.4, -0.2) is 22.5 Å². The largest absolute Gasteiger partial charge is 0.443 e.